The van der Waals surface area contributed by atoms with Crippen LogP contribution in [-0.2, 0) is 6.54 Å². The van der Waals surface area contributed by atoms with Gasteiger partial charge in [0.15, 0.2) is 0 Å². The van der Waals surface area contributed by atoms with Crippen molar-refractivity contribution in [2.45, 2.75) is 19.4 Å². The Morgan fingerprint density at radius 1 is 1.44 bits per heavy atom. The predicted molar refractivity (Wildman–Crippen MR) is 70.2 cm³/mol. The van der Waals surface area contributed by atoms with Crippen molar-refractivity contribution in [2.75, 3.05) is 7.11 Å². The highest BCUT2D eigenvalue weighted by Crippen LogP contribution is 2.29. The van der Waals surface area contributed by atoms with Gasteiger partial charge >= 0.3 is 6.03 Å². The average molecular weight is 246 g/mol. The van der Waals surface area contributed by atoms with Gasteiger partial charge in [-0.15, -0.1) is 0 Å². The van der Waals surface area contributed by atoms with Crippen molar-refractivity contribution in [1.82, 2.24) is 10.6 Å². The second kappa shape index (κ2) is 6.10. The van der Waals surface area contributed by atoms with Crippen LogP contribution in [0.5, 0.6) is 5.75 Å². The number of para-hydroxylation sites is 1. The summed E-state index contributed by atoms with van der Waals surface area (Å²) >= 11 is 0. The maximum Gasteiger partial charge on any atom is 0.319 e. The van der Waals surface area contributed by atoms with Crippen LogP contribution in [0.4, 0.5) is 4.79 Å². The number of rotatable bonds is 5. The second-order valence-electron chi connectivity index (χ2n) is 4.34. The summed E-state index contributed by atoms with van der Waals surface area (Å²) in [4.78, 5) is 11.5. The average Bonchev–Trinajstić information content (AvgIpc) is 3.21. The summed E-state index contributed by atoms with van der Waals surface area (Å²) < 4.78 is 5.21. The van der Waals surface area contributed by atoms with Crippen molar-refractivity contribution in [3.8, 4) is 5.75 Å². The van der Waals surface area contributed by atoms with Gasteiger partial charge in [-0.3, -0.25) is 0 Å². The first kappa shape index (κ1) is 12.5. The molecular weight excluding hydrogens is 228 g/mol. The molecule has 0 saturated heterocycles. The Bertz CT molecular complexity index is 439. The van der Waals surface area contributed by atoms with E-state index in [0.29, 0.717) is 12.5 Å². The molecule has 0 spiro atoms. The number of urea groups is 1. The summed E-state index contributed by atoms with van der Waals surface area (Å²) in [5.74, 6) is 1.45. The van der Waals surface area contributed by atoms with Crippen LogP contribution in [0.3, 0.4) is 0 Å². The number of hydrogen-bond donors (Lipinski definition) is 2. The summed E-state index contributed by atoms with van der Waals surface area (Å²) in [5, 5.41) is 5.48. The second-order valence-corrected chi connectivity index (χ2v) is 4.34. The molecule has 1 aliphatic rings. The van der Waals surface area contributed by atoms with E-state index < -0.39 is 0 Å². The van der Waals surface area contributed by atoms with E-state index >= 15 is 0 Å². The molecule has 96 valence electrons. The fourth-order valence-corrected chi connectivity index (χ4v) is 1.62. The molecule has 1 aliphatic carbocycles. The number of benzene rings is 1. The summed E-state index contributed by atoms with van der Waals surface area (Å²) in [7, 11) is 1.62. The maximum absolute atomic E-state index is 11.5. The molecule has 1 fully saturated rings. The Balaban J connectivity index is 1.77. The first-order valence-electron chi connectivity index (χ1n) is 6.12. The number of ether oxygens (including phenoxy) is 1. The molecule has 1 aromatic rings. The Morgan fingerprint density at radius 3 is 2.94 bits per heavy atom. The minimum Gasteiger partial charge on any atom is -0.496 e. The predicted octanol–water partition coefficient (Wildman–Crippen LogP) is 2.42. The summed E-state index contributed by atoms with van der Waals surface area (Å²) in [5.41, 5.74) is 0.960. The van der Waals surface area contributed by atoms with Gasteiger partial charge in [-0.2, -0.15) is 0 Å². The highest BCUT2D eigenvalue weighted by molar-refractivity contribution is 5.74. The molecule has 18 heavy (non-hydrogen) atoms. The van der Waals surface area contributed by atoms with E-state index in [1.807, 2.05) is 30.3 Å². The van der Waals surface area contributed by atoms with Gasteiger partial charge in [0.25, 0.3) is 0 Å². The fourth-order valence-electron chi connectivity index (χ4n) is 1.62. The van der Waals surface area contributed by atoms with E-state index in [9.17, 15) is 4.79 Å². The first-order valence-corrected chi connectivity index (χ1v) is 6.12. The SMILES string of the molecule is COc1ccccc1CNC(=O)N/C=C/C1CC1. The molecule has 4 nitrogen and oxygen atoms in total. The molecule has 2 N–H and O–H groups in total. The highest BCUT2D eigenvalue weighted by Gasteiger charge is 2.17. The molecule has 1 saturated carbocycles. The van der Waals surface area contributed by atoms with Crippen molar-refractivity contribution in [3.05, 3.63) is 42.1 Å². The number of carbonyl (C=O) groups is 1. The minimum atomic E-state index is -0.196. The van der Waals surface area contributed by atoms with Crippen LogP contribution >= 0.6 is 0 Å². The Labute approximate surface area is 107 Å². The van der Waals surface area contributed by atoms with Crippen LogP contribution in [0, 0.1) is 5.92 Å². The largest absolute Gasteiger partial charge is 0.496 e. The lowest BCUT2D eigenvalue weighted by molar-refractivity contribution is 0.243. The number of carbonyl (C=O) groups excluding carboxylic acids is 1. The fraction of sp³-hybridized carbons (Fsp3) is 0.357. The van der Waals surface area contributed by atoms with Gasteiger partial charge in [-0.05, 0) is 24.8 Å². The van der Waals surface area contributed by atoms with Crippen LogP contribution < -0.4 is 15.4 Å². The lowest BCUT2D eigenvalue weighted by Crippen LogP contribution is -2.31. The third-order valence-electron chi connectivity index (χ3n) is 2.84. The summed E-state index contributed by atoms with van der Waals surface area (Å²) in [6.07, 6.45) is 6.22. The van der Waals surface area contributed by atoms with Gasteiger partial charge in [-0.1, -0.05) is 24.3 Å². The number of allylic oxidation sites excluding steroid dienone is 1. The molecule has 4 heteroatoms. The van der Waals surface area contributed by atoms with Gasteiger partial charge in [0.05, 0.1) is 7.11 Å². The molecule has 2 amide bonds. The third kappa shape index (κ3) is 3.80. The quantitative estimate of drug-likeness (QED) is 0.838. The number of nitrogens with one attached hydrogen (secondary N) is 2. The van der Waals surface area contributed by atoms with Gasteiger partial charge in [0.1, 0.15) is 5.75 Å². The van der Waals surface area contributed by atoms with Crippen LogP contribution in [0.15, 0.2) is 36.5 Å². The molecule has 0 aromatic heterocycles. The molecule has 0 atom stereocenters. The lowest BCUT2D eigenvalue weighted by Gasteiger charge is -2.09. The number of amides is 2. The number of methoxy groups -OCH3 is 1. The van der Waals surface area contributed by atoms with E-state index in [1.54, 1.807) is 13.3 Å². The van der Waals surface area contributed by atoms with Crippen molar-refractivity contribution >= 4 is 6.03 Å². The minimum absolute atomic E-state index is 0.196. The normalized spacial score (nSPS) is 14.5. The number of hydrogen-bond acceptors (Lipinski definition) is 2. The molecule has 2 rings (SSSR count). The van der Waals surface area contributed by atoms with Crippen molar-refractivity contribution in [2.24, 2.45) is 5.92 Å². The van der Waals surface area contributed by atoms with E-state index in [1.165, 1.54) is 12.8 Å². The molecule has 1 aromatic carbocycles. The highest BCUT2D eigenvalue weighted by atomic mass is 16.5. The smallest absolute Gasteiger partial charge is 0.319 e. The van der Waals surface area contributed by atoms with Crippen LogP contribution in [0.2, 0.25) is 0 Å². The maximum atomic E-state index is 11.5. The first-order chi connectivity index (χ1) is 8.79. The topological polar surface area (TPSA) is 50.4 Å². The van der Waals surface area contributed by atoms with Crippen LogP contribution in [0.25, 0.3) is 0 Å². The van der Waals surface area contributed by atoms with Gasteiger partial charge in [0.2, 0.25) is 0 Å². The van der Waals surface area contributed by atoms with E-state index in [2.05, 4.69) is 10.6 Å². The van der Waals surface area contributed by atoms with Crippen LogP contribution in [-0.4, -0.2) is 13.1 Å². The zero-order chi connectivity index (χ0) is 12.8. The Hall–Kier alpha value is -1.97. The van der Waals surface area contributed by atoms with Crippen molar-refractivity contribution < 1.29 is 9.53 Å². The Morgan fingerprint density at radius 2 is 2.22 bits per heavy atom. The molecule has 0 aliphatic heterocycles. The van der Waals surface area contributed by atoms with Gasteiger partial charge in [0, 0.05) is 18.3 Å². The molecule has 0 heterocycles. The van der Waals surface area contributed by atoms with Crippen LogP contribution in [0.1, 0.15) is 18.4 Å². The molecule has 0 bridgehead atoms. The zero-order valence-electron chi connectivity index (χ0n) is 10.5. The van der Waals surface area contributed by atoms with E-state index in [-0.39, 0.29) is 6.03 Å². The molecule has 0 radical (unpaired) electrons. The summed E-state index contributed by atoms with van der Waals surface area (Å²) in [6.45, 7) is 0.452. The Kier molecular flexibility index (Phi) is 4.23. The monoisotopic (exact) mass is 246 g/mol. The molecule has 0 unspecified atom stereocenters. The summed E-state index contributed by atoms with van der Waals surface area (Å²) in [6, 6.07) is 7.43. The van der Waals surface area contributed by atoms with E-state index in [0.717, 1.165) is 11.3 Å². The van der Waals surface area contributed by atoms with Gasteiger partial charge in [-0.25, -0.2) is 4.79 Å². The van der Waals surface area contributed by atoms with Crippen molar-refractivity contribution in [3.63, 3.8) is 0 Å². The zero-order valence-corrected chi connectivity index (χ0v) is 10.5. The third-order valence-corrected chi connectivity index (χ3v) is 2.84. The molecular formula is C14H18N2O2. The lowest BCUT2D eigenvalue weighted by atomic mass is 10.2. The standard InChI is InChI=1S/C14H18N2O2/c1-18-13-5-3-2-4-12(13)10-16-14(17)15-9-8-11-6-7-11/h2-5,8-9,11H,6-7,10H2,1H3,(H2,15,16,17)/b9-8+. The van der Waals surface area contributed by atoms with Crippen molar-refractivity contribution in [1.29, 1.82) is 0 Å². The van der Waals surface area contributed by atoms with Gasteiger partial charge < -0.3 is 15.4 Å². The van der Waals surface area contributed by atoms with E-state index in [4.69, 9.17) is 4.74 Å².